The molecule has 0 aliphatic rings. The fourth-order valence-electron chi connectivity index (χ4n) is 1.68. The molecule has 18 heavy (non-hydrogen) atoms. The van der Waals surface area contributed by atoms with E-state index in [0.29, 0.717) is 12.3 Å². The van der Waals surface area contributed by atoms with Gasteiger partial charge in [0.05, 0.1) is 5.71 Å². The van der Waals surface area contributed by atoms with Crippen LogP contribution < -0.4 is 4.74 Å². The van der Waals surface area contributed by atoms with Gasteiger partial charge in [0.2, 0.25) is 0 Å². The van der Waals surface area contributed by atoms with Gasteiger partial charge in [0, 0.05) is 5.56 Å². The molecule has 0 heterocycles. The summed E-state index contributed by atoms with van der Waals surface area (Å²) in [5.41, 5.74) is 2.44. The lowest BCUT2D eigenvalue weighted by Crippen LogP contribution is -2.02. The third-order valence-electron chi connectivity index (χ3n) is 2.66. The van der Waals surface area contributed by atoms with Crippen molar-refractivity contribution >= 4 is 5.71 Å². The summed E-state index contributed by atoms with van der Waals surface area (Å²) in [4.78, 5) is 0. The Bertz CT molecular complexity index is 535. The van der Waals surface area contributed by atoms with Gasteiger partial charge >= 0.3 is 0 Å². The molecule has 0 fully saturated rings. The van der Waals surface area contributed by atoms with Crippen LogP contribution in [0.2, 0.25) is 0 Å². The summed E-state index contributed by atoms with van der Waals surface area (Å²) in [5.74, 6) is 0.719. The van der Waals surface area contributed by atoms with Crippen LogP contribution in [-0.4, -0.2) is 10.9 Å². The number of rotatable bonds is 4. The monoisotopic (exact) mass is 241 g/mol. The number of hydrogen-bond donors (Lipinski definition) is 1. The molecule has 0 aliphatic carbocycles. The van der Waals surface area contributed by atoms with E-state index in [-0.39, 0.29) is 0 Å². The van der Waals surface area contributed by atoms with E-state index in [0.717, 1.165) is 16.9 Å². The Morgan fingerprint density at radius 2 is 1.72 bits per heavy atom. The maximum absolute atomic E-state index is 8.83. The molecule has 0 aliphatic heterocycles. The molecule has 2 aromatic carbocycles. The summed E-state index contributed by atoms with van der Waals surface area (Å²) in [5, 5.41) is 12.0. The minimum atomic E-state index is 0.497. The van der Waals surface area contributed by atoms with Crippen molar-refractivity contribution in [2.75, 3.05) is 0 Å². The van der Waals surface area contributed by atoms with Gasteiger partial charge in [-0.1, -0.05) is 47.6 Å². The first-order valence-electron chi connectivity index (χ1n) is 5.76. The highest BCUT2D eigenvalue weighted by atomic mass is 16.5. The molecule has 3 heteroatoms. The lowest BCUT2D eigenvalue weighted by Gasteiger charge is -2.10. The highest BCUT2D eigenvalue weighted by Gasteiger charge is 2.06. The molecule has 92 valence electrons. The molecule has 3 nitrogen and oxygen atoms in total. The van der Waals surface area contributed by atoms with Gasteiger partial charge in [0.25, 0.3) is 0 Å². The Balaban J connectivity index is 2.15. The number of nitrogens with zero attached hydrogens (tertiary/aromatic N) is 1. The maximum atomic E-state index is 8.83. The minimum Gasteiger partial charge on any atom is -0.488 e. The van der Waals surface area contributed by atoms with Crippen molar-refractivity contribution < 1.29 is 9.94 Å². The van der Waals surface area contributed by atoms with Crippen molar-refractivity contribution in [1.82, 2.24) is 0 Å². The van der Waals surface area contributed by atoms with Crippen LogP contribution >= 0.6 is 0 Å². The average molecular weight is 241 g/mol. The lowest BCUT2D eigenvalue weighted by molar-refractivity contribution is 0.303. The van der Waals surface area contributed by atoms with Crippen molar-refractivity contribution in [1.29, 1.82) is 0 Å². The summed E-state index contributed by atoms with van der Waals surface area (Å²) in [7, 11) is 0. The fraction of sp³-hybridized carbons (Fsp3) is 0.133. The summed E-state index contributed by atoms with van der Waals surface area (Å²) in [6.45, 7) is 2.24. The molecule has 1 N–H and O–H groups in total. The van der Waals surface area contributed by atoms with Crippen molar-refractivity contribution in [3.8, 4) is 5.75 Å². The van der Waals surface area contributed by atoms with E-state index in [9.17, 15) is 0 Å². The van der Waals surface area contributed by atoms with Gasteiger partial charge in [-0.05, 0) is 24.6 Å². The number of oxime groups is 1. The van der Waals surface area contributed by atoms with E-state index in [1.165, 1.54) is 0 Å². The molecular formula is C15H15NO2. The molecule has 0 saturated carbocycles. The highest BCUT2D eigenvalue weighted by Crippen LogP contribution is 2.20. The van der Waals surface area contributed by atoms with E-state index in [1.807, 2.05) is 54.6 Å². The number of para-hydroxylation sites is 1. The first-order chi connectivity index (χ1) is 8.81. The fourth-order valence-corrected chi connectivity index (χ4v) is 1.68. The van der Waals surface area contributed by atoms with E-state index < -0.39 is 0 Å². The lowest BCUT2D eigenvalue weighted by atomic mass is 10.1. The summed E-state index contributed by atoms with van der Waals surface area (Å²) in [6.07, 6.45) is 0. The van der Waals surface area contributed by atoms with E-state index >= 15 is 0 Å². The first-order valence-corrected chi connectivity index (χ1v) is 5.76. The predicted octanol–water partition coefficient (Wildman–Crippen LogP) is 3.46. The van der Waals surface area contributed by atoms with Crippen LogP contribution in [-0.2, 0) is 6.61 Å². The van der Waals surface area contributed by atoms with E-state index in [2.05, 4.69) is 5.16 Å². The van der Waals surface area contributed by atoms with Crippen LogP contribution in [0.3, 0.4) is 0 Å². The number of hydrogen-bond acceptors (Lipinski definition) is 3. The van der Waals surface area contributed by atoms with Gasteiger partial charge in [0.15, 0.2) is 0 Å². The van der Waals surface area contributed by atoms with Gasteiger partial charge in [-0.15, -0.1) is 0 Å². The normalized spacial score (nSPS) is 11.3. The van der Waals surface area contributed by atoms with Crippen LogP contribution in [0, 0.1) is 0 Å². The number of ether oxygens (including phenoxy) is 1. The van der Waals surface area contributed by atoms with Crippen LogP contribution in [0.1, 0.15) is 18.1 Å². The molecule has 0 atom stereocenters. The quantitative estimate of drug-likeness (QED) is 0.506. The van der Waals surface area contributed by atoms with Crippen LogP contribution in [0.5, 0.6) is 5.75 Å². The van der Waals surface area contributed by atoms with Crippen molar-refractivity contribution in [3.63, 3.8) is 0 Å². The van der Waals surface area contributed by atoms with Crippen molar-refractivity contribution in [3.05, 3.63) is 65.7 Å². The maximum Gasteiger partial charge on any atom is 0.128 e. The Labute approximate surface area is 106 Å². The second-order valence-corrected chi connectivity index (χ2v) is 3.96. The third kappa shape index (κ3) is 2.88. The second kappa shape index (κ2) is 5.87. The molecule has 2 rings (SSSR count). The molecule has 0 bridgehead atoms. The zero-order valence-electron chi connectivity index (χ0n) is 10.2. The smallest absolute Gasteiger partial charge is 0.128 e. The largest absolute Gasteiger partial charge is 0.488 e. The molecule has 0 spiro atoms. The average Bonchev–Trinajstić information content (AvgIpc) is 2.45. The zero-order chi connectivity index (χ0) is 12.8. The first kappa shape index (κ1) is 12.2. The zero-order valence-corrected chi connectivity index (χ0v) is 10.2. The SMILES string of the molecule is C/C(=N/O)c1ccccc1OCc1ccccc1. The summed E-state index contributed by atoms with van der Waals surface area (Å²) >= 11 is 0. The predicted molar refractivity (Wildman–Crippen MR) is 71.2 cm³/mol. The molecule has 0 aromatic heterocycles. The summed E-state index contributed by atoms with van der Waals surface area (Å²) < 4.78 is 5.75. The van der Waals surface area contributed by atoms with Gasteiger partial charge in [-0.25, -0.2) is 0 Å². The molecule has 0 unspecified atom stereocenters. The molecule has 0 saturated heterocycles. The van der Waals surface area contributed by atoms with Crippen LogP contribution in [0.25, 0.3) is 0 Å². The standard InChI is InChI=1S/C15H15NO2/c1-12(16-17)14-9-5-6-10-15(14)18-11-13-7-3-2-4-8-13/h2-10,17H,11H2,1H3/b16-12-. The molecule has 0 radical (unpaired) electrons. The molecule has 0 amide bonds. The van der Waals surface area contributed by atoms with Crippen LogP contribution in [0.15, 0.2) is 59.8 Å². The second-order valence-electron chi connectivity index (χ2n) is 3.96. The Kier molecular flexibility index (Phi) is 3.97. The topological polar surface area (TPSA) is 41.8 Å². The minimum absolute atomic E-state index is 0.497. The Hall–Kier alpha value is -2.29. The van der Waals surface area contributed by atoms with E-state index in [4.69, 9.17) is 9.94 Å². The summed E-state index contributed by atoms with van der Waals surface area (Å²) in [6, 6.07) is 17.5. The highest BCUT2D eigenvalue weighted by molar-refractivity contribution is 6.00. The third-order valence-corrected chi connectivity index (χ3v) is 2.66. The van der Waals surface area contributed by atoms with E-state index in [1.54, 1.807) is 6.92 Å². The van der Waals surface area contributed by atoms with Gasteiger partial charge in [-0.2, -0.15) is 0 Å². The van der Waals surface area contributed by atoms with Gasteiger partial charge in [-0.3, -0.25) is 0 Å². The Morgan fingerprint density at radius 3 is 2.44 bits per heavy atom. The van der Waals surface area contributed by atoms with Crippen molar-refractivity contribution in [2.24, 2.45) is 5.16 Å². The number of benzene rings is 2. The van der Waals surface area contributed by atoms with Crippen LogP contribution in [0.4, 0.5) is 0 Å². The van der Waals surface area contributed by atoms with Crippen molar-refractivity contribution in [2.45, 2.75) is 13.5 Å². The molecular weight excluding hydrogens is 226 g/mol. The molecule has 2 aromatic rings. The van der Waals surface area contributed by atoms with Gasteiger partial charge in [0.1, 0.15) is 12.4 Å². The van der Waals surface area contributed by atoms with Gasteiger partial charge < -0.3 is 9.94 Å². The Morgan fingerprint density at radius 1 is 1.06 bits per heavy atom.